The lowest BCUT2D eigenvalue weighted by molar-refractivity contribution is 0.133. The number of benzene rings is 1. The highest BCUT2D eigenvalue weighted by atomic mass is 16.6. The second-order valence-corrected chi connectivity index (χ2v) is 7.99. The Bertz CT molecular complexity index is 577. The Morgan fingerprint density at radius 3 is 2.67 bits per heavy atom. The van der Waals surface area contributed by atoms with Gasteiger partial charge in [0.15, 0.2) is 0 Å². The smallest absolute Gasteiger partial charge is 0.118 e. The van der Waals surface area contributed by atoms with Gasteiger partial charge in [-0.2, -0.15) is 0 Å². The van der Waals surface area contributed by atoms with Gasteiger partial charge >= 0.3 is 0 Å². The monoisotopic (exact) mass is 370 g/mol. The van der Waals surface area contributed by atoms with Gasteiger partial charge in [0.1, 0.15) is 6.61 Å². The first-order valence-electron chi connectivity index (χ1n) is 10.8. The first-order valence-corrected chi connectivity index (χ1v) is 10.8. The standard InChI is InChI=1S/C24H38N2O/c1-4-5-6-10-15-22-16-11-17-23(20-21-13-8-7-9-14-21)24(22)25-27-19-12-18-26(2)3/h7-9,13-14,20,22H,4-6,10-12,15-19H2,1-3H3/b23-20+,25-24+/t22-/m1/s1. The third kappa shape index (κ3) is 8.30. The fraction of sp³-hybridized carbons (Fsp3) is 0.625. The van der Waals surface area contributed by atoms with Crippen molar-refractivity contribution >= 4 is 11.8 Å². The molecule has 1 aromatic rings. The molecule has 0 bridgehead atoms. The van der Waals surface area contributed by atoms with E-state index in [-0.39, 0.29) is 0 Å². The van der Waals surface area contributed by atoms with Crippen LogP contribution in [0.25, 0.3) is 6.08 Å². The van der Waals surface area contributed by atoms with Crippen LogP contribution < -0.4 is 0 Å². The Kier molecular flexibility index (Phi) is 10.2. The Balaban J connectivity index is 2.06. The normalized spacial score (nSPS) is 20.5. The molecule has 0 N–H and O–H groups in total. The quantitative estimate of drug-likeness (QED) is 0.344. The maximum Gasteiger partial charge on any atom is 0.118 e. The molecular weight excluding hydrogens is 332 g/mol. The van der Waals surface area contributed by atoms with Crippen LogP contribution in [0.5, 0.6) is 0 Å². The van der Waals surface area contributed by atoms with E-state index in [2.05, 4.69) is 67.5 Å². The van der Waals surface area contributed by atoms with E-state index in [4.69, 9.17) is 4.84 Å². The maximum absolute atomic E-state index is 5.77. The van der Waals surface area contributed by atoms with Crippen LogP contribution in [0.4, 0.5) is 0 Å². The zero-order valence-electron chi connectivity index (χ0n) is 17.6. The van der Waals surface area contributed by atoms with Crippen molar-refractivity contribution in [2.45, 2.75) is 64.7 Å². The molecule has 2 rings (SSSR count). The summed E-state index contributed by atoms with van der Waals surface area (Å²) in [6.45, 7) is 4.01. The number of rotatable bonds is 11. The third-order valence-electron chi connectivity index (χ3n) is 5.26. The minimum absolute atomic E-state index is 0.555. The predicted octanol–water partition coefficient (Wildman–Crippen LogP) is 6.16. The summed E-state index contributed by atoms with van der Waals surface area (Å²) in [6.07, 6.45) is 13.5. The van der Waals surface area contributed by atoms with Crippen molar-refractivity contribution in [1.29, 1.82) is 0 Å². The van der Waals surface area contributed by atoms with E-state index in [1.54, 1.807) is 0 Å². The molecule has 0 aliphatic heterocycles. The molecule has 1 aliphatic rings. The third-order valence-corrected chi connectivity index (χ3v) is 5.26. The highest BCUT2D eigenvalue weighted by molar-refractivity contribution is 6.05. The van der Waals surface area contributed by atoms with Crippen molar-refractivity contribution in [3.05, 3.63) is 41.5 Å². The molecule has 0 saturated heterocycles. The van der Waals surface area contributed by atoms with Crippen molar-refractivity contribution in [2.24, 2.45) is 11.1 Å². The summed E-state index contributed by atoms with van der Waals surface area (Å²) in [5.41, 5.74) is 3.85. The van der Waals surface area contributed by atoms with Crippen LogP contribution in [0.2, 0.25) is 0 Å². The van der Waals surface area contributed by atoms with Gasteiger partial charge < -0.3 is 9.74 Å². The van der Waals surface area contributed by atoms with Gasteiger partial charge in [0.05, 0.1) is 5.71 Å². The van der Waals surface area contributed by atoms with Crippen LogP contribution in [0.1, 0.15) is 70.3 Å². The molecule has 1 atom stereocenters. The number of hydrogen-bond donors (Lipinski definition) is 0. The Morgan fingerprint density at radius 1 is 1.11 bits per heavy atom. The minimum atomic E-state index is 0.555. The maximum atomic E-state index is 5.77. The number of unbranched alkanes of at least 4 members (excludes halogenated alkanes) is 3. The SMILES string of the molecule is CCCCCC[C@@H]1CCCC(=C\c2ccccc2)/C1=N/OCCCN(C)C. The summed E-state index contributed by atoms with van der Waals surface area (Å²) in [5.74, 6) is 0.555. The van der Waals surface area contributed by atoms with Crippen molar-refractivity contribution in [3.8, 4) is 0 Å². The van der Waals surface area contributed by atoms with E-state index in [9.17, 15) is 0 Å². The summed E-state index contributed by atoms with van der Waals surface area (Å²) in [6, 6.07) is 10.6. The number of oxime groups is 1. The van der Waals surface area contributed by atoms with E-state index in [1.165, 1.54) is 61.8 Å². The van der Waals surface area contributed by atoms with Crippen LogP contribution in [0.15, 0.2) is 41.1 Å². The summed E-state index contributed by atoms with van der Waals surface area (Å²) in [5, 5.41) is 4.67. The molecule has 0 amide bonds. The molecule has 3 nitrogen and oxygen atoms in total. The molecule has 0 heterocycles. The van der Waals surface area contributed by atoms with Crippen molar-refractivity contribution in [1.82, 2.24) is 4.90 Å². The molecule has 0 aromatic heterocycles. The molecule has 1 aliphatic carbocycles. The molecule has 1 aromatic carbocycles. The molecule has 1 saturated carbocycles. The van der Waals surface area contributed by atoms with Crippen LogP contribution >= 0.6 is 0 Å². The van der Waals surface area contributed by atoms with Crippen LogP contribution in [0, 0.1) is 5.92 Å². The molecule has 0 spiro atoms. The molecule has 27 heavy (non-hydrogen) atoms. The largest absolute Gasteiger partial charge is 0.396 e. The summed E-state index contributed by atoms with van der Waals surface area (Å²) < 4.78 is 0. The van der Waals surface area contributed by atoms with Crippen LogP contribution in [0.3, 0.4) is 0 Å². The molecule has 0 radical (unpaired) electrons. The topological polar surface area (TPSA) is 24.8 Å². The van der Waals surface area contributed by atoms with Gasteiger partial charge in [-0.3, -0.25) is 0 Å². The zero-order valence-corrected chi connectivity index (χ0v) is 17.6. The number of hydrogen-bond acceptors (Lipinski definition) is 3. The average molecular weight is 371 g/mol. The van der Waals surface area contributed by atoms with E-state index < -0.39 is 0 Å². The number of nitrogens with zero attached hydrogens (tertiary/aromatic N) is 2. The fourth-order valence-corrected chi connectivity index (χ4v) is 3.75. The predicted molar refractivity (Wildman–Crippen MR) is 117 cm³/mol. The summed E-state index contributed by atoms with van der Waals surface area (Å²) in [7, 11) is 4.19. The highest BCUT2D eigenvalue weighted by Crippen LogP contribution is 2.31. The summed E-state index contributed by atoms with van der Waals surface area (Å²) >= 11 is 0. The lowest BCUT2D eigenvalue weighted by Crippen LogP contribution is -2.23. The van der Waals surface area contributed by atoms with Gasteiger partial charge in [-0.15, -0.1) is 0 Å². The van der Waals surface area contributed by atoms with E-state index in [0.717, 1.165) is 19.4 Å². The molecule has 1 fully saturated rings. The van der Waals surface area contributed by atoms with Gasteiger partial charge in [-0.05, 0) is 63.4 Å². The van der Waals surface area contributed by atoms with Gasteiger partial charge in [0.25, 0.3) is 0 Å². The Hall–Kier alpha value is -1.61. The first-order chi connectivity index (χ1) is 13.2. The second kappa shape index (κ2) is 12.7. The van der Waals surface area contributed by atoms with Crippen molar-refractivity contribution in [2.75, 3.05) is 27.2 Å². The molecule has 150 valence electrons. The van der Waals surface area contributed by atoms with Gasteiger partial charge in [-0.1, -0.05) is 68.1 Å². The first kappa shape index (κ1) is 21.7. The van der Waals surface area contributed by atoms with Gasteiger partial charge in [-0.25, -0.2) is 0 Å². The lowest BCUT2D eigenvalue weighted by Gasteiger charge is -2.26. The summed E-state index contributed by atoms with van der Waals surface area (Å²) in [4.78, 5) is 7.96. The Labute approximate surface area is 166 Å². The van der Waals surface area contributed by atoms with E-state index >= 15 is 0 Å². The Morgan fingerprint density at radius 2 is 1.93 bits per heavy atom. The zero-order chi connectivity index (χ0) is 19.3. The average Bonchev–Trinajstić information content (AvgIpc) is 2.67. The van der Waals surface area contributed by atoms with E-state index in [0.29, 0.717) is 12.5 Å². The van der Waals surface area contributed by atoms with Crippen LogP contribution in [-0.4, -0.2) is 37.9 Å². The van der Waals surface area contributed by atoms with E-state index in [1.807, 2.05) is 0 Å². The molecule has 0 unspecified atom stereocenters. The van der Waals surface area contributed by atoms with Gasteiger partial charge in [0.2, 0.25) is 0 Å². The van der Waals surface area contributed by atoms with Crippen molar-refractivity contribution < 1.29 is 4.84 Å². The molecule has 3 heteroatoms. The van der Waals surface area contributed by atoms with Crippen LogP contribution in [-0.2, 0) is 4.84 Å². The highest BCUT2D eigenvalue weighted by Gasteiger charge is 2.25. The van der Waals surface area contributed by atoms with Gasteiger partial charge in [0, 0.05) is 12.5 Å². The fourth-order valence-electron chi connectivity index (χ4n) is 3.75. The van der Waals surface area contributed by atoms with Crippen molar-refractivity contribution in [3.63, 3.8) is 0 Å². The second-order valence-electron chi connectivity index (χ2n) is 7.99. The molecular formula is C24H38N2O. The lowest BCUT2D eigenvalue weighted by atomic mass is 9.80. The minimum Gasteiger partial charge on any atom is -0.396 e. The number of allylic oxidation sites excluding steroid dienone is 1.